The van der Waals surface area contributed by atoms with Gasteiger partial charge in [0.15, 0.2) is 0 Å². The van der Waals surface area contributed by atoms with Gasteiger partial charge in [-0.25, -0.2) is 4.39 Å². The maximum Gasteiger partial charge on any atom is 0.224 e. The zero-order chi connectivity index (χ0) is 17.5. The molecule has 0 bridgehead atoms. The van der Waals surface area contributed by atoms with Crippen molar-refractivity contribution in [2.45, 2.75) is 19.8 Å². The fourth-order valence-electron chi connectivity index (χ4n) is 2.66. The summed E-state index contributed by atoms with van der Waals surface area (Å²) in [4.78, 5) is 12.0. The Kier molecular flexibility index (Phi) is 6.18. The van der Waals surface area contributed by atoms with E-state index in [1.54, 1.807) is 26.4 Å². The van der Waals surface area contributed by atoms with Crippen molar-refractivity contribution < 1.29 is 18.7 Å². The summed E-state index contributed by atoms with van der Waals surface area (Å²) in [5.74, 6) is 1.07. The van der Waals surface area contributed by atoms with Gasteiger partial charge in [-0.15, -0.1) is 0 Å². The van der Waals surface area contributed by atoms with E-state index in [1.807, 2.05) is 19.1 Å². The van der Waals surface area contributed by atoms with Crippen LogP contribution in [-0.2, 0) is 17.6 Å². The Bertz CT molecular complexity index is 716. The molecule has 2 aromatic carbocycles. The number of amides is 1. The summed E-state index contributed by atoms with van der Waals surface area (Å²) in [6.07, 6.45) is 0.805. The predicted octanol–water partition coefficient (Wildman–Crippen LogP) is 3.05. The van der Waals surface area contributed by atoms with Crippen LogP contribution in [0.15, 0.2) is 36.4 Å². The Balaban J connectivity index is 1.92. The third kappa shape index (κ3) is 4.47. The van der Waals surface area contributed by atoms with Crippen LogP contribution < -0.4 is 14.8 Å². The zero-order valence-corrected chi connectivity index (χ0v) is 14.2. The van der Waals surface area contributed by atoms with Crippen LogP contribution in [0.3, 0.4) is 0 Å². The minimum Gasteiger partial charge on any atom is -0.496 e. The summed E-state index contributed by atoms with van der Waals surface area (Å²) in [5.41, 5.74) is 2.59. The summed E-state index contributed by atoms with van der Waals surface area (Å²) in [6.45, 7) is 2.42. The highest BCUT2D eigenvalue weighted by Crippen LogP contribution is 2.31. The quantitative estimate of drug-likeness (QED) is 0.848. The van der Waals surface area contributed by atoms with Crippen LogP contribution in [-0.4, -0.2) is 26.7 Å². The molecule has 1 amide bonds. The first-order chi connectivity index (χ1) is 11.5. The van der Waals surface area contributed by atoms with E-state index in [1.165, 1.54) is 12.1 Å². The van der Waals surface area contributed by atoms with Crippen LogP contribution in [0.2, 0.25) is 0 Å². The minimum atomic E-state index is -0.334. The van der Waals surface area contributed by atoms with E-state index in [2.05, 4.69) is 5.32 Å². The molecule has 0 aliphatic carbocycles. The smallest absolute Gasteiger partial charge is 0.224 e. The molecular weight excluding hydrogens is 309 g/mol. The van der Waals surface area contributed by atoms with E-state index in [0.717, 1.165) is 22.6 Å². The SMILES string of the molecule is COc1ccc(CCNC(=O)Cc2cccc(F)c2)c(OC)c1C. The highest BCUT2D eigenvalue weighted by atomic mass is 19.1. The highest BCUT2D eigenvalue weighted by molar-refractivity contribution is 5.78. The first-order valence-electron chi connectivity index (χ1n) is 7.76. The molecule has 0 radical (unpaired) electrons. The number of hydrogen-bond donors (Lipinski definition) is 1. The lowest BCUT2D eigenvalue weighted by molar-refractivity contribution is -0.120. The Morgan fingerprint density at radius 2 is 1.96 bits per heavy atom. The van der Waals surface area contributed by atoms with Gasteiger partial charge in [0.2, 0.25) is 5.91 Å². The lowest BCUT2D eigenvalue weighted by Crippen LogP contribution is -2.27. The third-order valence-corrected chi connectivity index (χ3v) is 3.83. The summed E-state index contributed by atoms with van der Waals surface area (Å²) in [5, 5.41) is 2.85. The Morgan fingerprint density at radius 3 is 2.62 bits per heavy atom. The van der Waals surface area contributed by atoms with Gasteiger partial charge in [0.25, 0.3) is 0 Å². The van der Waals surface area contributed by atoms with Crippen LogP contribution in [0, 0.1) is 12.7 Å². The molecule has 2 rings (SSSR count). The lowest BCUT2D eigenvalue weighted by atomic mass is 10.1. The second kappa shape index (κ2) is 8.34. The number of hydrogen-bond acceptors (Lipinski definition) is 3. The van der Waals surface area contributed by atoms with E-state index in [-0.39, 0.29) is 18.1 Å². The van der Waals surface area contributed by atoms with Gasteiger partial charge in [0.1, 0.15) is 17.3 Å². The van der Waals surface area contributed by atoms with Crippen LogP contribution in [0.25, 0.3) is 0 Å². The van der Waals surface area contributed by atoms with E-state index in [0.29, 0.717) is 18.5 Å². The number of rotatable bonds is 7. The van der Waals surface area contributed by atoms with E-state index < -0.39 is 0 Å². The molecule has 1 N–H and O–H groups in total. The molecule has 24 heavy (non-hydrogen) atoms. The monoisotopic (exact) mass is 331 g/mol. The fourth-order valence-corrected chi connectivity index (χ4v) is 2.66. The molecular formula is C19H22FNO3. The third-order valence-electron chi connectivity index (χ3n) is 3.83. The Labute approximate surface area is 141 Å². The van der Waals surface area contributed by atoms with Crippen molar-refractivity contribution in [2.24, 2.45) is 0 Å². The normalized spacial score (nSPS) is 10.3. The highest BCUT2D eigenvalue weighted by Gasteiger charge is 2.11. The van der Waals surface area contributed by atoms with Crippen LogP contribution in [0.4, 0.5) is 4.39 Å². The number of ether oxygens (including phenoxy) is 2. The number of benzene rings is 2. The summed E-state index contributed by atoms with van der Waals surface area (Å²) >= 11 is 0. The first kappa shape index (κ1) is 17.8. The molecule has 0 fully saturated rings. The first-order valence-corrected chi connectivity index (χ1v) is 7.76. The average Bonchev–Trinajstić information content (AvgIpc) is 2.55. The van der Waals surface area contributed by atoms with Crippen molar-refractivity contribution in [1.29, 1.82) is 0 Å². The summed E-state index contributed by atoms with van der Waals surface area (Å²) in [6, 6.07) is 9.89. The molecule has 5 heteroatoms. The van der Waals surface area contributed by atoms with Gasteiger partial charge in [0.05, 0.1) is 20.6 Å². The van der Waals surface area contributed by atoms with Crippen molar-refractivity contribution in [1.82, 2.24) is 5.32 Å². The standard InChI is InChI=1S/C19H22FNO3/c1-13-17(23-2)8-7-15(19(13)24-3)9-10-21-18(22)12-14-5-4-6-16(20)11-14/h4-8,11H,9-10,12H2,1-3H3,(H,21,22). The van der Waals surface area contributed by atoms with E-state index in [4.69, 9.17) is 9.47 Å². The van der Waals surface area contributed by atoms with Crippen molar-refractivity contribution >= 4 is 5.91 Å². The molecule has 0 spiro atoms. The largest absolute Gasteiger partial charge is 0.496 e. The number of methoxy groups -OCH3 is 2. The second-order valence-corrected chi connectivity index (χ2v) is 5.49. The second-order valence-electron chi connectivity index (χ2n) is 5.49. The van der Waals surface area contributed by atoms with Gasteiger partial charge in [-0.05, 0) is 42.7 Å². The van der Waals surface area contributed by atoms with Crippen LogP contribution >= 0.6 is 0 Å². The average molecular weight is 331 g/mol. The van der Waals surface area contributed by atoms with Crippen LogP contribution in [0.1, 0.15) is 16.7 Å². The van der Waals surface area contributed by atoms with Gasteiger partial charge in [-0.1, -0.05) is 18.2 Å². The zero-order valence-electron chi connectivity index (χ0n) is 14.2. The molecule has 2 aromatic rings. The van der Waals surface area contributed by atoms with Crippen LogP contribution in [0.5, 0.6) is 11.5 Å². The number of nitrogens with one attached hydrogen (secondary N) is 1. The Morgan fingerprint density at radius 1 is 1.17 bits per heavy atom. The number of carbonyl (C=O) groups is 1. The van der Waals surface area contributed by atoms with Crippen molar-refractivity contribution in [3.8, 4) is 11.5 Å². The van der Waals surface area contributed by atoms with E-state index >= 15 is 0 Å². The van der Waals surface area contributed by atoms with Gasteiger partial charge >= 0.3 is 0 Å². The molecule has 128 valence electrons. The predicted molar refractivity (Wildman–Crippen MR) is 91.1 cm³/mol. The topological polar surface area (TPSA) is 47.6 Å². The molecule has 0 atom stereocenters. The molecule has 0 saturated carbocycles. The van der Waals surface area contributed by atoms with Crippen molar-refractivity contribution in [2.75, 3.05) is 20.8 Å². The minimum absolute atomic E-state index is 0.134. The molecule has 0 aliphatic heterocycles. The lowest BCUT2D eigenvalue weighted by Gasteiger charge is -2.14. The van der Waals surface area contributed by atoms with Gasteiger partial charge in [0, 0.05) is 12.1 Å². The molecule has 0 heterocycles. The van der Waals surface area contributed by atoms with Crippen molar-refractivity contribution in [3.63, 3.8) is 0 Å². The number of halogens is 1. The Hall–Kier alpha value is -2.56. The molecule has 0 unspecified atom stereocenters. The maximum absolute atomic E-state index is 13.1. The molecule has 4 nitrogen and oxygen atoms in total. The molecule has 0 aliphatic rings. The maximum atomic E-state index is 13.1. The van der Waals surface area contributed by atoms with E-state index in [9.17, 15) is 9.18 Å². The van der Waals surface area contributed by atoms with Crippen molar-refractivity contribution in [3.05, 3.63) is 58.9 Å². The van der Waals surface area contributed by atoms with Gasteiger partial charge in [-0.3, -0.25) is 4.79 Å². The molecule has 0 saturated heterocycles. The van der Waals surface area contributed by atoms with Gasteiger partial charge in [-0.2, -0.15) is 0 Å². The van der Waals surface area contributed by atoms with Gasteiger partial charge < -0.3 is 14.8 Å². The summed E-state index contributed by atoms with van der Waals surface area (Å²) < 4.78 is 23.8. The molecule has 0 aromatic heterocycles. The fraction of sp³-hybridized carbons (Fsp3) is 0.316. The summed E-state index contributed by atoms with van der Waals surface area (Å²) in [7, 11) is 3.24. The number of carbonyl (C=O) groups excluding carboxylic acids is 1.